The Balaban J connectivity index is 2.09. The van der Waals surface area contributed by atoms with Crippen molar-refractivity contribution in [3.8, 4) is 0 Å². The van der Waals surface area contributed by atoms with Crippen LogP contribution in [0.25, 0.3) is 0 Å². The molecular weight excluding hydrogens is 400 g/mol. The molecule has 150 valence electrons. The summed E-state index contributed by atoms with van der Waals surface area (Å²) < 4.78 is 79.8. The van der Waals surface area contributed by atoms with Crippen LogP contribution in [0.5, 0.6) is 0 Å². The van der Waals surface area contributed by atoms with E-state index in [0.717, 1.165) is 10.4 Å². The van der Waals surface area contributed by atoms with Gasteiger partial charge in [0, 0.05) is 19.5 Å². The molecule has 1 fully saturated rings. The number of alkyl halides is 3. The van der Waals surface area contributed by atoms with E-state index in [0.29, 0.717) is 11.6 Å². The maximum absolute atomic E-state index is 13.6. The Morgan fingerprint density at radius 2 is 1.75 bits per heavy atom. The molecule has 10 heteroatoms. The average molecular weight is 416 g/mol. The van der Waals surface area contributed by atoms with Crippen molar-refractivity contribution < 1.29 is 30.8 Å². The monoisotopic (exact) mass is 416 g/mol. The van der Waals surface area contributed by atoms with Crippen LogP contribution in [0.2, 0.25) is 0 Å². The molecule has 5 nitrogen and oxygen atoms in total. The maximum atomic E-state index is 13.6. The molecule has 0 radical (unpaired) electrons. The molecule has 1 heterocycles. The van der Waals surface area contributed by atoms with Gasteiger partial charge in [-0.3, -0.25) is 4.79 Å². The van der Waals surface area contributed by atoms with E-state index < -0.39 is 38.5 Å². The molecule has 0 spiro atoms. The Bertz CT molecular complexity index is 978. The summed E-state index contributed by atoms with van der Waals surface area (Å²) in [4.78, 5) is 11.3. The fourth-order valence-corrected chi connectivity index (χ4v) is 4.72. The van der Waals surface area contributed by atoms with Crippen molar-refractivity contribution in [2.24, 2.45) is 0 Å². The first kappa shape index (κ1) is 20.3. The van der Waals surface area contributed by atoms with Crippen molar-refractivity contribution in [2.75, 3.05) is 13.1 Å². The van der Waals surface area contributed by atoms with Gasteiger partial charge in [0.25, 0.3) is 0 Å². The minimum absolute atomic E-state index is 0.00865. The van der Waals surface area contributed by atoms with Gasteiger partial charge in [0.05, 0.1) is 16.5 Å². The van der Waals surface area contributed by atoms with Crippen LogP contribution < -0.4 is 5.32 Å². The molecule has 0 aliphatic carbocycles. The Hall–Kier alpha value is -2.46. The maximum Gasteiger partial charge on any atom is 0.419 e. The predicted molar refractivity (Wildman–Crippen MR) is 92.1 cm³/mol. The molecule has 1 amide bonds. The summed E-state index contributed by atoms with van der Waals surface area (Å²) in [7, 11) is -4.43. The second-order valence-electron chi connectivity index (χ2n) is 6.24. The Morgan fingerprint density at radius 1 is 1.07 bits per heavy atom. The van der Waals surface area contributed by atoms with Gasteiger partial charge in [-0.2, -0.15) is 17.5 Å². The van der Waals surface area contributed by atoms with Crippen molar-refractivity contribution in [1.82, 2.24) is 9.62 Å². The lowest BCUT2D eigenvalue weighted by molar-refractivity contribution is -0.140. The number of amides is 1. The molecule has 1 aliphatic rings. The third-order valence-corrected chi connectivity index (χ3v) is 6.32. The van der Waals surface area contributed by atoms with Gasteiger partial charge in [0.1, 0.15) is 5.82 Å². The second kappa shape index (κ2) is 7.51. The molecule has 0 aromatic heterocycles. The zero-order valence-corrected chi connectivity index (χ0v) is 15.2. The molecule has 2 aromatic rings. The minimum atomic E-state index is -5.04. The topological polar surface area (TPSA) is 66.5 Å². The van der Waals surface area contributed by atoms with E-state index in [-0.39, 0.29) is 31.5 Å². The zero-order chi connectivity index (χ0) is 20.5. The minimum Gasteiger partial charge on any atom is -0.355 e. The molecule has 0 unspecified atom stereocenters. The van der Waals surface area contributed by atoms with E-state index in [1.54, 1.807) is 30.3 Å². The van der Waals surface area contributed by atoms with Crippen LogP contribution in [0.4, 0.5) is 17.6 Å². The molecular formula is C18H16F4N2O3S. The van der Waals surface area contributed by atoms with E-state index in [4.69, 9.17) is 0 Å². The third-order valence-electron chi connectivity index (χ3n) is 4.41. The smallest absolute Gasteiger partial charge is 0.355 e. The van der Waals surface area contributed by atoms with Crippen LogP contribution in [-0.2, 0) is 21.0 Å². The standard InChI is InChI=1S/C18H16F4N2O3S/c19-15-7-6-13(10-14(15)18(20,21)22)28(26,27)24-9-8-23-17(25)11-16(24)12-4-2-1-3-5-12/h1-7,10,16H,8-9,11H2,(H,23,25)/t16-/m0/s1. The number of hydrogen-bond donors (Lipinski definition) is 1. The second-order valence-corrected chi connectivity index (χ2v) is 8.13. The number of halogens is 4. The largest absolute Gasteiger partial charge is 0.419 e. The Morgan fingerprint density at radius 3 is 2.39 bits per heavy atom. The molecule has 3 rings (SSSR count). The van der Waals surface area contributed by atoms with Gasteiger partial charge < -0.3 is 5.32 Å². The van der Waals surface area contributed by atoms with Crippen molar-refractivity contribution >= 4 is 15.9 Å². The van der Waals surface area contributed by atoms with Crippen LogP contribution in [-0.4, -0.2) is 31.7 Å². The molecule has 1 aliphatic heterocycles. The van der Waals surface area contributed by atoms with Crippen molar-refractivity contribution in [3.05, 3.63) is 65.5 Å². The molecule has 28 heavy (non-hydrogen) atoms. The van der Waals surface area contributed by atoms with Crippen LogP contribution in [0.1, 0.15) is 23.6 Å². The molecule has 1 N–H and O–H groups in total. The number of rotatable bonds is 3. The molecule has 0 saturated carbocycles. The fraction of sp³-hybridized carbons (Fsp3) is 0.278. The van der Waals surface area contributed by atoms with Gasteiger partial charge in [-0.05, 0) is 23.8 Å². The first-order valence-electron chi connectivity index (χ1n) is 8.31. The lowest BCUT2D eigenvalue weighted by Gasteiger charge is -2.29. The van der Waals surface area contributed by atoms with Crippen LogP contribution >= 0.6 is 0 Å². The van der Waals surface area contributed by atoms with Gasteiger partial charge >= 0.3 is 6.18 Å². The van der Waals surface area contributed by atoms with Gasteiger partial charge in [-0.25, -0.2) is 12.8 Å². The summed E-state index contributed by atoms with van der Waals surface area (Å²) in [5.74, 6) is -1.93. The average Bonchev–Trinajstić information content (AvgIpc) is 2.83. The number of carbonyl (C=O) groups is 1. The van der Waals surface area contributed by atoms with E-state index in [1.807, 2.05) is 0 Å². The Labute approximate surface area is 159 Å². The van der Waals surface area contributed by atoms with Crippen molar-refractivity contribution in [3.63, 3.8) is 0 Å². The van der Waals surface area contributed by atoms with Crippen LogP contribution in [0.15, 0.2) is 53.4 Å². The van der Waals surface area contributed by atoms with Gasteiger partial charge in [-0.1, -0.05) is 30.3 Å². The van der Waals surface area contributed by atoms with E-state index >= 15 is 0 Å². The fourth-order valence-electron chi connectivity index (χ4n) is 3.08. The zero-order valence-electron chi connectivity index (χ0n) is 14.4. The van der Waals surface area contributed by atoms with Crippen LogP contribution in [0, 0.1) is 5.82 Å². The molecule has 2 aromatic carbocycles. The summed E-state index contributed by atoms with van der Waals surface area (Å²) in [5.41, 5.74) is -1.13. The highest BCUT2D eigenvalue weighted by Gasteiger charge is 2.39. The highest BCUT2D eigenvalue weighted by Crippen LogP contribution is 2.35. The normalized spacial score (nSPS) is 19.1. The number of hydrogen-bond acceptors (Lipinski definition) is 3. The quantitative estimate of drug-likeness (QED) is 0.782. The van der Waals surface area contributed by atoms with E-state index in [2.05, 4.69) is 5.32 Å². The van der Waals surface area contributed by atoms with Gasteiger partial charge in [0.2, 0.25) is 15.9 Å². The van der Waals surface area contributed by atoms with Crippen LogP contribution in [0.3, 0.4) is 0 Å². The highest BCUT2D eigenvalue weighted by atomic mass is 32.2. The summed E-state index contributed by atoms with van der Waals surface area (Å²) in [6, 6.07) is 8.99. The Kier molecular flexibility index (Phi) is 5.44. The lowest BCUT2D eigenvalue weighted by Crippen LogP contribution is -2.36. The number of benzene rings is 2. The number of nitrogens with zero attached hydrogens (tertiary/aromatic N) is 1. The highest BCUT2D eigenvalue weighted by molar-refractivity contribution is 7.89. The lowest BCUT2D eigenvalue weighted by atomic mass is 10.0. The van der Waals surface area contributed by atoms with Crippen molar-refractivity contribution in [2.45, 2.75) is 23.5 Å². The first-order valence-corrected chi connectivity index (χ1v) is 9.75. The summed E-state index contributed by atoms with van der Waals surface area (Å²) in [6.45, 7) is -0.124. The first-order chi connectivity index (χ1) is 13.1. The SMILES string of the molecule is O=C1C[C@@H](c2ccccc2)N(S(=O)(=O)c2ccc(F)c(C(F)(F)F)c2)CCN1. The number of carbonyl (C=O) groups excluding carboxylic acids is 1. The van der Waals surface area contributed by atoms with Gasteiger partial charge in [-0.15, -0.1) is 0 Å². The van der Waals surface area contributed by atoms with Gasteiger partial charge in [0.15, 0.2) is 0 Å². The summed E-state index contributed by atoms with van der Waals surface area (Å²) in [6.07, 6.45) is -5.22. The third kappa shape index (κ3) is 4.02. The van der Waals surface area contributed by atoms with Crippen molar-refractivity contribution in [1.29, 1.82) is 0 Å². The summed E-state index contributed by atoms with van der Waals surface area (Å²) >= 11 is 0. The molecule has 1 atom stereocenters. The number of sulfonamides is 1. The summed E-state index contributed by atoms with van der Waals surface area (Å²) in [5, 5.41) is 2.56. The number of nitrogens with one attached hydrogen (secondary N) is 1. The predicted octanol–water partition coefficient (Wildman–Crippen LogP) is 3.10. The van der Waals surface area contributed by atoms with E-state index in [9.17, 15) is 30.8 Å². The molecule has 0 bridgehead atoms. The molecule has 1 saturated heterocycles. The van der Waals surface area contributed by atoms with E-state index in [1.165, 1.54) is 0 Å².